The lowest BCUT2D eigenvalue weighted by atomic mass is 9.82. The highest BCUT2D eigenvalue weighted by atomic mass is 15.0. The lowest BCUT2D eigenvalue weighted by molar-refractivity contribution is 0.661. The maximum Gasteiger partial charge on any atom is 0.0544 e. The zero-order valence-electron chi connectivity index (χ0n) is 26.5. The predicted molar refractivity (Wildman–Crippen MR) is 197 cm³/mol. The molecule has 10 rings (SSSR count). The van der Waals surface area contributed by atoms with Gasteiger partial charge in [0, 0.05) is 27.8 Å². The molecule has 1 atom stereocenters. The number of rotatable bonds is 3. The van der Waals surface area contributed by atoms with Crippen LogP contribution in [0.4, 0.5) is 0 Å². The molecular formula is C46H33N. The molecule has 0 saturated carbocycles. The number of hydrogen-bond donors (Lipinski definition) is 0. The van der Waals surface area contributed by atoms with Crippen molar-refractivity contribution in [3.05, 3.63) is 186 Å². The third kappa shape index (κ3) is 3.71. The molecule has 2 aliphatic carbocycles. The lowest BCUT2D eigenvalue weighted by Gasteiger charge is -2.21. The van der Waals surface area contributed by atoms with Gasteiger partial charge in [0.25, 0.3) is 0 Å². The van der Waals surface area contributed by atoms with Crippen molar-refractivity contribution in [3.63, 3.8) is 0 Å². The molecule has 0 spiro atoms. The Balaban J connectivity index is 1.15. The third-order valence-electron chi connectivity index (χ3n) is 10.9. The van der Waals surface area contributed by atoms with Gasteiger partial charge < -0.3 is 4.57 Å². The molecule has 8 aromatic rings. The van der Waals surface area contributed by atoms with Crippen LogP contribution in [0, 0.1) is 0 Å². The average Bonchev–Trinajstić information content (AvgIpc) is 3.71. The summed E-state index contributed by atoms with van der Waals surface area (Å²) >= 11 is 0. The molecular weight excluding hydrogens is 567 g/mol. The first-order valence-corrected chi connectivity index (χ1v) is 16.6. The zero-order valence-corrected chi connectivity index (χ0v) is 26.5. The quantitative estimate of drug-likeness (QED) is 0.190. The zero-order chi connectivity index (χ0) is 31.3. The molecule has 222 valence electrons. The van der Waals surface area contributed by atoms with Crippen LogP contribution in [0.1, 0.15) is 47.6 Å². The fourth-order valence-corrected chi connectivity index (χ4v) is 8.65. The molecule has 1 heterocycles. The Labute approximate surface area is 275 Å². The van der Waals surface area contributed by atoms with E-state index < -0.39 is 0 Å². The summed E-state index contributed by atoms with van der Waals surface area (Å²) in [6, 6.07) is 58.7. The van der Waals surface area contributed by atoms with Crippen LogP contribution in [0.25, 0.3) is 60.9 Å². The molecule has 0 fully saturated rings. The van der Waals surface area contributed by atoms with Gasteiger partial charge in [-0.15, -0.1) is 0 Å². The minimum atomic E-state index is -0.0540. The lowest BCUT2D eigenvalue weighted by Crippen LogP contribution is -2.14. The van der Waals surface area contributed by atoms with Gasteiger partial charge in [-0.2, -0.15) is 0 Å². The minimum absolute atomic E-state index is 0.0540. The van der Waals surface area contributed by atoms with Gasteiger partial charge in [0.2, 0.25) is 0 Å². The molecule has 1 aromatic heterocycles. The largest absolute Gasteiger partial charge is 0.309 e. The van der Waals surface area contributed by atoms with Crippen molar-refractivity contribution in [2.24, 2.45) is 0 Å². The number of fused-ring (bicyclic) bond motifs is 9. The highest BCUT2D eigenvalue weighted by Gasteiger charge is 2.36. The van der Waals surface area contributed by atoms with Crippen molar-refractivity contribution in [2.45, 2.75) is 25.2 Å². The van der Waals surface area contributed by atoms with Crippen molar-refractivity contribution >= 4 is 21.8 Å². The minimum Gasteiger partial charge on any atom is -0.309 e. The van der Waals surface area contributed by atoms with Crippen LogP contribution in [0.15, 0.2) is 158 Å². The van der Waals surface area contributed by atoms with E-state index in [0.29, 0.717) is 0 Å². The Morgan fingerprint density at radius 1 is 0.447 bits per heavy atom. The molecule has 0 N–H and O–H groups in total. The number of nitrogens with zero attached hydrogens (tertiary/aromatic N) is 1. The summed E-state index contributed by atoms with van der Waals surface area (Å²) in [5.74, 6) is 0.262. The van der Waals surface area contributed by atoms with E-state index in [4.69, 9.17) is 0 Å². The van der Waals surface area contributed by atoms with E-state index in [2.05, 4.69) is 176 Å². The van der Waals surface area contributed by atoms with Crippen molar-refractivity contribution in [2.75, 3.05) is 0 Å². The van der Waals surface area contributed by atoms with E-state index >= 15 is 0 Å². The van der Waals surface area contributed by atoms with Gasteiger partial charge in [-0.05, 0) is 97.6 Å². The van der Waals surface area contributed by atoms with Crippen LogP contribution in [0.2, 0.25) is 0 Å². The first-order chi connectivity index (χ1) is 23.1. The maximum atomic E-state index is 2.47. The van der Waals surface area contributed by atoms with Crippen LogP contribution >= 0.6 is 0 Å². The summed E-state index contributed by atoms with van der Waals surface area (Å²) in [7, 11) is 0. The predicted octanol–water partition coefficient (Wildman–Crippen LogP) is 11.9. The second-order valence-corrected chi connectivity index (χ2v) is 13.7. The van der Waals surface area contributed by atoms with Crippen molar-refractivity contribution < 1.29 is 0 Å². The van der Waals surface area contributed by atoms with E-state index in [9.17, 15) is 0 Å². The Morgan fingerprint density at radius 2 is 1.17 bits per heavy atom. The fourth-order valence-electron chi connectivity index (χ4n) is 8.65. The summed E-state index contributed by atoms with van der Waals surface area (Å²) in [4.78, 5) is 0. The van der Waals surface area contributed by atoms with Crippen LogP contribution in [-0.2, 0) is 5.41 Å². The monoisotopic (exact) mass is 599 g/mol. The molecule has 2 aliphatic rings. The molecule has 7 aromatic carbocycles. The fraction of sp³-hybridized carbons (Fsp3) is 0.0870. The maximum absolute atomic E-state index is 2.47. The second kappa shape index (κ2) is 9.67. The summed E-state index contributed by atoms with van der Waals surface area (Å²) in [6.45, 7) is 4.73. The highest BCUT2D eigenvalue weighted by molar-refractivity contribution is 6.11. The smallest absolute Gasteiger partial charge is 0.0544 e. The van der Waals surface area contributed by atoms with E-state index in [1.54, 1.807) is 0 Å². The standard InChI is InChI=1S/C46H33N/c1-46(2)41-21-10-8-18-34(41)39-27-40-35-19-9-11-22-43(35)47(44(40)28-42(39)46)32-16-12-15-30(25-32)31-23-24-37-38(26-31)33-17-6-7-20-36(33)45(37)29-13-4-3-5-14-29/h3-28,45H,1-2H3. The number of hydrogen-bond acceptors (Lipinski definition) is 0. The molecule has 1 heteroatoms. The summed E-state index contributed by atoms with van der Waals surface area (Å²) in [5, 5.41) is 2.59. The van der Waals surface area contributed by atoms with E-state index in [1.165, 1.54) is 88.7 Å². The molecule has 47 heavy (non-hydrogen) atoms. The third-order valence-corrected chi connectivity index (χ3v) is 10.9. The SMILES string of the molecule is CC1(C)c2ccccc2-c2cc3c4ccccc4n(-c4cccc(-c5ccc6c(c5)-c5ccccc5C6c5ccccc5)c4)c3cc21. The number of aromatic nitrogens is 1. The van der Waals surface area contributed by atoms with Gasteiger partial charge in [-0.25, -0.2) is 0 Å². The topological polar surface area (TPSA) is 4.93 Å². The molecule has 0 saturated heterocycles. The van der Waals surface area contributed by atoms with Crippen LogP contribution in [-0.4, -0.2) is 4.57 Å². The Hall–Kier alpha value is -5.66. The van der Waals surface area contributed by atoms with Crippen LogP contribution in [0.3, 0.4) is 0 Å². The van der Waals surface area contributed by atoms with Crippen molar-refractivity contribution in [1.29, 1.82) is 0 Å². The molecule has 1 unspecified atom stereocenters. The van der Waals surface area contributed by atoms with Gasteiger partial charge in [0.05, 0.1) is 11.0 Å². The molecule has 0 amide bonds. The Morgan fingerprint density at radius 3 is 2.06 bits per heavy atom. The molecule has 0 bridgehead atoms. The molecule has 0 radical (unpaired) electrons. The van der Waals surface area contributed by atoms with E-state index in [1.807, 2.05) is 0 Å². The number of para-hydroxylation sites is 1. The Kier molecular flexibility index (Phi) is 5.46. The van der Waals surface area contributed by atoms with Crippen LogP contribution in [0.5, 0.6) is 0 Å². The number of benzene rings is 7. The molecule has 1 nitrogen and oxygen atoms in total. The van der Waals surface area contributed by atoms with Crippen molar-refractivity contribution in [3.8, 4) is 39.1 Å². The van der Waals surface area contributed by atoms with Gasteiger partial charge in [0.1, 0.15) is 0 Å². The van der Waals surface area contributed by atoms with E-state index in [0.717, 1.165) is 0 Å². The summed E-state index contributed by atoms with van der Waals surface area (Å²) < 4.78 is 2.47. The molecule has 0 aliphatic heterocycles. The van der Waals surface area contributed by atoms with Gasteiger partial charge in [0.15, 0.2) is 0 Å². The normalized spacial score (nSPS) is 15.4. The average molecular weight is 600 g/mol. The second-order valence-electron chi connectivity index (χ2n) is 13.7. The highest BCUT2D eigenvalue weighted by Crippen LogP contribution is 2.52. The van der Waals surface area contributed by atoms with E-state index in [-0.39, 0.29) is 11.3 Å². The summed E-state index contributed by atoms with van der Waals surface area (Å²) in [5.41, 5.74) is 18.4. The van der Waals surface area contributed by atoms with Gasteiger partial charge >= 0.3 is 0 Å². The van der Waals surface area contributed by atoms with Gasteiger partial charge in [-0.3, -0.25) is 0 Å². The summed E-state index contributed by atoms with van der Waals surface area (Å²) in [6.07, 6.45) is 0. The Bertz CT molecular complexity index is 2550. The first-order valence-electron chi connectivity index (χ1n) is 16.6. The van der Waals surface area contributed by atoms with Gasteiger partial charge in [-0.1, -0.05) is 135 Å². The van der Waals surface area contributed by atoms with Crippen LogP contribution < -0.4 is 0 Å². The van der Waals surface area contributed by atoms with Crippen molar-refractivity contribution in [1.82, 2.24) is 4.57 Å². The first kappa shape index (κ1) is 26.5.